The molecular weight excluding hydrogens is 286 g/mol. The van der Waals surface area contributed by atoms with Crippen molar-refractivity contribution in [1.29, 1.82) is 0 Å². The van der Waals surface area contributed by atoms with Crippen molar-refractivity contribution < 1.29 is 4.79 Å². The topological polar surface area (TPSA) is 53.2 Å². The Hall–Kier alpha value is -2.49. The van der Waals surface area contributed by atoms with E-state index in [0.29, 0.717) is 5.92 Å². The summed E-state index contributed by atoms with van der Waals surface area (Å²) in [4.78, 5) is 11.7. The van der Waals surface area contributed by atoms with Gasteiger partial charge in [-0.2, -0.15) is 0 Å². The van der Waals surface area contributed by atoms with Crippen molar-refractivity contribution >= 4 is 23.1 Å². The lowest BCUT2D eigenvalue weighted by Crippen LogP contribution is -2.34. The average molecular weight is 311 g/mol. The highest BCUT2D eigenvalue weighted by molar-refractivity contribution is 5.89. The summed E-state index contributed by atoms with van der Waals surface area (Å²) in [6.07, 6.45) is 0. The molecule has 122 valence electrons. The molecule has 0 fully saturated rings. The summed E-state index contributed by atoms with van der Waals surface area (Å²) < 4.78 is 0. The minimum Gasteiger partial charge on any atom is -0.355 e. The van der Waals surface area contributed by atoms with Crippen molar-refractivity contribution in [1.82, 2.24) is 5.32 Å². The van der Waals surface area contributed by atoms with Gasteiger partial charge in [0.15, 0.2) is 0 Å². The van der Waals surface area contributed by atoms with Crippen LogP contribution in [0.3, 0.4) is 0 Å². The minimum absolute atomic E-state index is 0.114. The van der Waals surface area contributed by atoms with Gasteiger partial charge in [0, 0.05) is 23.1 Å². The van der Waals surface area contributed by atoms with E-state index in [9.17, 15) is 4.79 Å². The van der Waals surface area contributed by atoms with Gasteiger partial charge < -0.3 is 16.0 Å². The lowest BCUT2D eigenvalue weighted by molar-refractivity contribution is 0.250. The van der Waals surface area contributed by atoms with Crippen LogP contribution >= 0.6 is 0 Å². The third kappa shape index (κ3) is 5.02. The molecule has 0 spiro atoms. The summed E-state index contributed by atoms with van der Waals surface area (Å²) in [6, 6.07) is 15.9. The molecule has 0 aliphatic rings. The van der Waals surface area contributed by atoms with Gasteiger partial charge in [-0.05, 0) is 55.7 Å². The molecule has 0 atom stereocenters. The van der Waals surface area contributed by atoms with E-state index in [0.717, 1.165) is 17.1 Å². The molecule has 2 aromatic carbocycles. The quantitative estimate of drug-likeness (QED) is 0.721. The van der Waals surface area contributed by atoms with Gasteiger partial charge in [-0.25, -0.2) is 4.79 Å². The van der Waals surface area contributed by atoms with Gasteiger partial charge in [-0.1, -0.05) is 32.0 Å². The molecule has 0 unspecified atom stereocenters. The molecule has 2 aromatic rings. The molecule has 4 nitrogen and oxygen atoms in total. The zero-order chi connectivity index (χ0) is 16.8. The normalized spacial score (nSPS) is 10.7. The van der Waals surface area contributed by atoms with E-state index in [1.54, 1.807) is 0 Å². The number of amides is 2. The minimum atomic E-state index is -0.189. The molecule has 3 N–H and O–H groups in total. The van der Waals surface area contributed by atoms with Crippen molar-refractivity contribution in [3.63, 3.8) is 0 Å². The fourth-order valence-corrected chi connectivity index (χ4v) is 2.34. The first-order valence-corrected chi connectivity index (χ1v) is 7.99. The molecule has 0 saturated heterocycles. The zero-order valence-corrected chi connectivity index (χ0v) is 14.2. The van der Waals surface area contributed by atoms with E-state index in [-0.39, 0.29) is 12.1 Å². The lowest BCUT2D eigenvalue weighted by atomic mass is 10.0. The Labute approximate surface area is 138 Å². The van der Waals surface area contributed by atoms with E-state index in [4.69, 9.17) is 0 Å². The maximum absolute atomic E-state index is 11.7. The van der Waals surface area contributed by atoms with E-state index >= 15 is 0 Å². The number of urea groups is 1. The Morgan fingerprint density at radius 3 is 2.09 bits per heavy atom. The number of para-hydroxylation sites is 1. The number of carbonyl (C=O) groups is 1. The van der Waals surface area contributed by atoms with Gasteiger partial charge in [-0.15, -0.1) is 0 Å². The third-order valence-electron chi connectivity index (χ3n) is 3.42. The van der Waals surface area contributed by atoms with Crippen LogP contribution in [0.25, 0.3) is 0 Å². The zero-order valence-electron chi connectivity index (χ0n) is 14.2. The van der Waals surface area contributed by atoms with E-state index in [1.165, 1.54) is 5.56 Å². The van der Waals surface area contributed by atoms with Crippen molar-refractivity contribution in [2.45, 2.75) is 39.7 Å². The molecule has 2 rings (SSSR count). The number of nitrogens with one attached hydrogen (secondary N) is 3. The molecule has 4 heteroatoms. The largest absolute Gasteiger partial charge is 0.355 e. The lowest BCUT2D eigenvalue weighted by Gasteiger charge is -2.15. The maximum atomic E-state index is 11.7. The van der Waals surface area contributed by atoms with Crippen LogP contribution < -0.4 is 16.0 Å². The van der Waals surface area contributed by atoms with Gasteiger partial charge in [-0.3, -0.25) is 0 Å². The molecule has 0 bridgehead atoms. The highest BCUT2D eigenvalue weighted by Gasteiger charge is 2.06. The molecule has 0 aliphatic carbocycles. The van der Waals surface area contributed by atoms with Gasteiger partial charge in [0.1, 0.15) is 0 Å². The molecular formula is C19H25N3O. The third-order valence-corrected chi connectivity index (χ3v) is 3.42. The SMILES string of the molecule is CC(C)NC(=O)Nc1ccc(Nc2ccccc2C(C)C)cc1. The van der Waals surface area contributed by atoms with Crippen molar-refractivity contribution in [2.75, 3.05) is 10.6 Å². The number of hydrogen-bond donors (Lipinski definition) is 3. The van der Waals surface area contributed by atoms with Gasteiger partial charge in [0.05, 0.1) is 0 Å². The Morgan fingerprint density at radius 1 is 0.870 bits per heavy atom. The molecule has 0 heterocycles. The van der Waals surface area contributed by atoms with Crippen molar-refractivity contribution in [3.8, 4) is 0 Å². The van der Waals surface area contributed by atoms with E-state index in [2.05, 4.69) is 48.0 Å². The van der Waals surface area contributed by atoms with Gasteiger partial charge in [0.2, 0.25) is 0 Å². The molecule has 0 radical (unpaired) electrons. The number of hydrogen-bond acceptors (Lipinski definition) is 2. The molecule has 0 aliphatic heterocycles. The van der Waals surface area contributed by atoms with E-state index < -0.39 is 0 Å². The second kappa shape index (κ2) is 7.68. The fourth-order valence-electron chi connectivity index (χ4n) is 2.34. The Balaban J connectivity index is 2.05. The second-order valence-corrected chi connectivity index (χ2v) is 6.20. The van der Waals surface area contributed by atoms with Crippen molar-refractivity contribution in [2.24, 2.45) is 0 Å². The van der Waals surface area contributed by atoms with Crippen LogP contribution in [0, 0.1) is 0 Å². The summed E-state index contributed by atoms with van der Waals surface area (Å²) in [5.41, 5.74) is 4.16. The summed E-state index contributed by atoms with van der Waals surface area (Å²) in [5.74, 6) is 0.458. The van der Waals surface area contributed by atoms with Crippen LogP contribution in [0.15, 0.2) is 48.5 Å². The van der Waals surface area contributed by atoms with Crippen LogP contribution in [0.4, 0.5) is 21.9 Å². The Kier molecular flexibility index (Phi) is 5.63. The van der Waals surface area contributed by atoms with Crippen LogP contribution in [-0.2, 0) is 0 Å². The van der Waals surface area contributed by atoms with Crippen LogP contribution in [-0.4, -0.2) is 12.1 Å². The van der Waals surface area contributed by atoms with Crippen LogP contribution in [0.2, 0.25) is 0 Å². The summed E-state index contributed by atoms with van der Waals surface area (Å²) in [5, 5.41) is 9.05. The predicted molar refractivity (Wildman–Crippen MR) is 97.5 cm³/mol. The monoisotopic (exact) mass is 311 g/mol. The predicted octanol–water partition coefficient (Wildman–Crippen LogP) is 5.08. The first kappa shape index (κ1) is 16.9. The molecule has 23 heavy (non-hydrogen) atoms. The molecule has 2 amide bonds. The molecule has 0 saturated carbocycles. The van der Waals surface area contributed by atoms with Gasteiger partial charge in [0.25, 0.3) is 0 Å². The highest BCUT2D eigenvalue weighted by atomic mass is 16.2. The van der Waals surface area contributed by atoms with Crippen molar-refractivity contribution in [3.05, 3.63) is 54.1 Å². The van der Waals surface area contributed by atoms with E-state index in [1.807, 2.05) is 44.2 Å². The maximum Gasteiger partial charge on any atom is 0.319 e. The van der Waals surface area contributed by atoms with Crippen LogP contribution in [0.5, 0.6) is 0 Å². The summed E-state index contributed by atoms with van der Waals surface area (Å²) >= 11 is 0. The number of anilines is 3. The first-order valence-electron chi connectivity index (χ1n) is 7.99. The number of carbonyl (C=O) groups excluding carboxylic acids is 1. The fraction of sp³-hybridized carbons (Fsp3) is 0.316. The standard InChI is InChI=1S/C19H25N3O/c1-13(2)17-7-5-6-8-18(17)21-15-9-11-16(12-10-15)22-19(23)20-14(3)4/h5-14,21H,1-4H3,(H2,20,22,23). The number of rotatable bonds is 5. The number of benzene rings is 2. The Morgan fingerprint density at radius 2 is 1.48 bits per heavy atom. The smallest absolute Gasteiger partial charge is 0.319 e. The summed E-state index contributed by atoms with van der Waals surface area (Å²) in [6.45, 7) is 8.22. The second-order valence-electron chi connectivity index (χ2n) is 6.20. The Bertz CT molecular complexity index is 648. The average Bonchev–Trinajstić information content (AvgIpc) is 2.48. The highest BCUT2D eigenvalue weighted by Crippen LogP contribution is 2.27. The van der Waals surface area contributed by atoms with Crippen LogP contribution in [0.1, 0.15) is 39.2 Å². The molecule has 0 aromatic heterocycles. The first-order chi connectivity index (χ1) is 11.0. The van der Waals surface area contributed by atoms with Gasteiger partial charge >= 0.3 is 6.03 Å². The summed E-state index contributed by atoms with van der Waals surface area (Å²) in [7, 11) is 0.